The first kappa shape index (κ1) is 20.4. The molecule has 0 bridgehead atoms. The molecule has 0 heterocycles. The summed E-state index contributed by atoms with van der Waals surface area (Å²) in [6.45, 7) is 1.68. The number of anilines is 1. The van der Waals surface area contributed by atoms with Crippen LogP contribution in [0, 0.1) is 0 Å². The summed E-state index contributed by atoms with van der Waals surface area (Å²) in [5.74, 6) is -1.18. The Morgan fingerprint density at radius 1 is 1.12 bits per heavy atom. The molecule has 0 spiro atoms. The van der Waals surface area contributed by atoms with Gasteiger partial charge >= 0.3 is 5.97 Å². The Hall–Kier alpha value is -1.68. The van der Waals surface area contributed by atoms with Gasteiger partial charge in [0.25, 0.3) is 0 Å². The van der Waals surface area contributed by atoms with Crippen LogP contribution in [-0.2, 0) is 19.5 Å². The van der Waals surface area contributed by atoms with Crippen molar-refractivity contribution in [3.63, 3.8) is 0 Å². The Labute approximate surface area is 142 Å². The Morgan fingerprint density at radius 2 is 1.75 bits per heavy atom. The van der Waals surface area contributed by atoms with E-state index < -0.39 is 16.0 Å². The molecule has 0 aliphatic heterocycles. The lowest BCUT2D eigenvalue weighted by atomic mass is 10.2. The number of benzene rings is 1. The van der Waals surface area contributed by atoms with Crippen LogP contribution in [0.25, 0.3) is 0 Å². The number of carbonyl (C=O) groups is 1. The van der Waals surface area contributed by atoms with E-state index in [0.29, 0.717) is 38.3 Å². The highest BCUT2D eigenvalue weighted by molar-refractivity contribution is 7.89. The fourth-order valence-electron chi connectivity index (χ4n) is 1.96. The van der Waals surface area contributed by atoms with Gasteiger partial charge in [0.1, 0.15) is 4.90 Å². The molecule has 0 atom stereocenters. The second kappa shape index (κ2) is 10.2. The van der Waals surface area contributed by atoms with Crippen LogP contribution in [0.3, 0.4) is 0 Å². The maximum absolute atomic E-state index is 12.5. The summed E-state index contributed by atoms with van der Waals surface area (Å²) in [5, 5.41) is 12.1. The van der Waals surface area contributed by atoms with Crippen molar-refractivity contribution in [1.82, 2.24) is 4.72 Å². The third-order valence-electron chi connectivity index (χ3n) is 3.18. The smallest absolute Gasteiger partial charge is 0.335 e. The summed E-state index contributed by atoms with van der Waals surface area (Å²) in [6.07, 6.45) is 1.21. The SMILES string of the molecule is COCCCNc1ccc(C(=O)O)cc1S(=O)(=O)NCCCOC. The van der Waals surface area contributed by atoms with Crippen LogP contribution in [-0.4, -0.2) is 60.0 Å². The Bertz CT molecular complexity index is 633. The average Bonchev–Trinajstić information content (AvgIpc) is 2.55. The van der Waals surface area contributed by atoms with Gasteiger partial charge in [-0.3, -0.25) is 0 Å². The number of carboxylic acid groups (broad SMARTS) is 1. The highest BCUT2D eigenvalue weighted by atomic mass is 32.2. The zero-order valence-corrected chi connectivity index (χ0v) is 14.7. The monoisotopic (exact) mass is 360 g/mol. The van der Waals surface area contributed by atoms with E-state index in [4.69, 9.17) is 14.6 Å². The second-order valence-corrected chi connectivity index (χ2v) is 6.77. The van der Waals surface area contributed by atoms with Crippen LogP contribution in [0.4, 0.5) is 5.69 Å². The topological polar surface area (TPSA) is 114 Å². The molecule has 0 aliphatic carbocycles. The van der Waals surface area contributed by atoms with Crippen molar-refractivity contribution in [1.29, 1.82) is 0 Å². The third-order valence-corrected chi connectivity index (χ3v) is 4.68. The highest BCUT2D eigenvalue weighted by Crippen LogP contribution is 2.23. The average molecular weight is 360 g/mol. The number of sulfonamides is 1. The van der Waals surface area contributed by atoms with Crippen LogP contribution in [0.2, 0.25) is 0 Å². The number of rotatable bonds is 12. The van der Waals surface area contributed by atoms with Crippen molar-refractivity contribution < 1.29 is 27.8 Å². The van der Waals surface area contributed by atoms with E-state index in [2.05, 4.69) is 10.0 Å². The normalized spacial score (nSPS) is 11.4. The van der Waals surface area contributed by atoms with E-state index in [-0.39, 0.29) is 17.0 Å². The van der Waals surface area contributed by atoms with Gasteiger partial charge in [0.2, 0.25) is 10.0 Å². The van der Waals surface area contributed by atoms with Crippen LogP contribution >= 0.6 is 0 Å². The molecule has 1 rings (SSSR count). The first-order valence-corrected chi connectivity index (χ1v) is 8.99. The molecule has 0 amide bonds. The van der Waals surface area contributed by atoms with Crippen LogP contribution in [0.15, 0.2) is 23.1 Å². The molecular formula is C15H24N2O6S. The molecule has 8 nitrogen and oxygen atoms in total. The minimum Gasteiger partial charge on any atom is -0.478 e. The summed E-state index contributed by atoms with van der Waals surface area (Å²) in [7, 11) is -0.713. The van der Waals surface area contributed by atoms with Crippen molar-refractivity contribution >= 4 is 21.7 Å². The first-order chi connectivity index (χ1) is 11.4. The van der Waals surface area contributed by atoms with E-state index in [0.717, 1.165) is 6.07 Å². The maximum atomic E-state index is 12.5. The molecule has 0 saturated carbocycles. The summed E-state index contributed by atoms with van der Waals surface area (Å²) in [6, 6.07) is 3.98. The summed E-state index contributed by atoms with van der Waals surface area (Å²) < 4.78 is 37.2. The van der Waals surface area contributed by atoms with Gasteiger partial charge in [0.15, 0.2) is 0 Å². The Balaban J connectivity index is 2.97. The highest BCUT2D eigenvalue weighted by Gasteiger charge is 2.20. The lowest BCUT2D eigenvalue weighted by Gasteiger charge is -2.14. The molecular weight excluding hydrogens is 336 g/mol. The van der Waals surface area contributed by atoms with Crippen LogP contribution in [0.1, 0.15) is 23.2 Å². The molecule has 1 aromatic carbocycles. The van der Waals surface area contributed by atoms with Crippen molar-refractivity contribution in [3.8, 4) is 0 Å². The van der Waals surface area contributed by atoms with E-state index in [9.17, 15) is 13.2 Å². The number of hydrogen-bond acceptors (Lipinski definition) is 6. The number of carboxylic acids is 1. The van der Waals surface area contributed by atoms with Crippen molar-refractivity contribution in [2.45, 2.75) is 17.7 Å². The molecule has 0 aliphatic rings. The fraction of sp³-hybridized carbons (Fsp3) is 0.533. The fourth-order valence-corrected chi connectivity index (χ4v) is 3.24. The van der Waals surface area contributed by atoms with Crippen LogP contribution in [0.5, 0.6) is 0 Å². The van der Waals surface area contributed by atoms with Crippen molar-refractivity contribution in [2.24, 2.45) is 0 Å². The standard InChI is InChI=1S/C15H24N2O6S/c1-22-9-3-7-16-13-6-5-12(15(18)19)11-14(13)24(20,21)17-8-4-10-23-2/h5-6,11,16-17H,3-4,7-10H2,1-2H3,(H,18,19). The number of hydrogen-bond donors (Lipinski definition) is 3. The number of methoxy groups -OCH3 is 2. The minimum atomic E-state index is -3.83. The second-order valence-electron chi connectivity index (χ2n) is 5.03. The van der Waals surface area contributed by atoms with Gasteiger partial charge in [-0.25, -0.2) is 17.9 Å². The van der Waals surface area contributed by atoms with Gasteiger partial charge < -0.3 is 19.9 Å². The van der Waals surface area contributed by atoms with E-state index in [1.807, 2.05) is 0 Å². The number of aromatic carboxylic acids is 1. The summed E-state index contributed by atoms with van der Waals surface area (Å²) >= 11 is 0. The zero-order chi connectivity index (χ0) is 18.0. The van der Waals surface area contributed by atoms with Gasteiger partial charge in [-0.05, 0) is 31.0 Å². The lowest BCUT2D eigenvalue weighted by Crippen LogP contribution is -2.27. The molecule has 0 aromatic heterocycles. The van der Waals surface area contributed by atoms with Gasteiger partial charge in [-0.1, -0.05) is 0 Å². The van der Waals surface area contributed by atoms with Crippen LogP contribution < -0.4 is 10.0 Å². The minimum absolute atomic E-state index is 0.0859. The third kappa shape index (κ3) is 6.44. The van der Waals surface area contributed by atoms with E-state index >= 15 is 0 Å². The van der Waals surface area contributed by atoms with Gasteiger partial charge in [0, 0.05) is 40.5 Å². The predicted octanol–water partition coefficient (Wildman–Crippen LogP) is 1.15. The number of nitrogens with one attached hydrogen (secondary N) is 2. The van der Waals surface area contributed by atoms with Gasteiger partial charge in [0.05, 0.1) is 11.3 Å². The quantitative estimate of drug-likeness (QED) is 0.479. The van der Waals surface area contributed by atoms with Gasteiger partial charge in [-0.2, -0.15) is 0 Å². The molecule has 0 radical (unpaired) electrons. The first-order valence-electron chi connectivity index (χ1n) is 7.51. The molecule has 0 saturated heterocycles. The molecule has 0 fully saturated rings. The summed E-state index contributed by atoms with van der Waals surface area (Å²) in [4.78, 5) is 11.0. The molecule has 9 heteroatoms. The molecule has 24 heavy (non-hydrogen) atoms. The Kier molecular flexibility index (Phi) is 8.69. The van der Waals surface area contributed by atoms with E-state index in [1.54, 1.807) is 7.11 Å². The molecule has 0 unspecified atom stereocenters. The molecule has 1 aromatic rings. The predicted molar refractivity (Wildman–Crippen MR) is 90.1 cm³/mol. The number of ether oxygens (including phenoxy) is 2. The van der Waals surface area contributed by atoms with Crippen molar-refractivity contribution in [2.75, 3.05) is 45.8 Å². The van der Waals surface area contributed by atoms with Crippen molar-refractivity contribution in [3.05, 3.63) is 23.8 Å². The van der Waals surface area contributed by atoms with E-state index in [1.165, 1.54) is 19.2 Å². The molecule has 136 valence electrons. The lowest BCUT2D eigenvalue weighted by molar-refractivity contribution is 0.0696. The summed E-state index contributed by atoms with van der Waals surface area (Å²) in [5.41, 5.74) is 0.269. The Morgan fingerprint density at radius 3 is 2.33 bits per heavy atom. The van der Waals surface area contributed by atoms with Gasteiger partial charge in [-0.15, -0.1) is 0 Å². The molecule has 3 N–H and O–H groups in total. The zero-order valence-electron chi connectivity index (χ0n) is 13.9. The largest absolute Gasteiger partial charge is 0.478 e. The maximum Gasteiger partial charge on any atom is 0.335 e.